The maximum atomic E-state index is 14.3. The van der Waals surface area contributed by atoms with Crippen molar-refractivity contribution in [2.24, 2.45) is 0 Å². The van der Waals surface area contributed by atoms with E-state index in [0.717, 1.165) is 11.3 Å². The quantitative estimate of drug-likeness (QED) is 0.810. The summed E-state index contributed by atoms with van der Waals surface area (Å²) in [6.07, 6.45) is 3.54. The Morgan fingerprint density at radius 3 is 2.29 bits per heavy atom. The molecule has 0 saturated heterocycles. The lowest BCUT2D eigenvalue weighted by Crippen LogP contribution is -2.24. The number of ether oxygens (including phenoxy) is 1. The fraction of sp³-hybridized carbons (Fsp3) is 0.294. The summed E-state index contributed by atoms with van der Waals surface area (Å²) in [4.78, 5) is 1.80. The molecule has 21 heavy (non-hydrogen) atoms. The van der Waals surface area contributed by atoms with Gasteiger partial charge < -0.3 is 9.64 Å². The van der Waals surface area contributed by atoms with E-state index in [-0.39, 0.29) is 11.3 Å². The highest BCUT2D eigenvalue weighted by Crippen LogP contribution is 2.34. The molecule has 2 nitrogen and oxygen atoms in total. The number of hydrogen-bond acceptors (Lipinski definition) is 2. The molecule has 1 aromatic rings. The first-order chi connectivity index (χ1) is 9.99. The van der Waals surface area contributed by atoms with Crippen molar-refractivity contribution in [1.29, 1.82) is 0 Å². The van der Waals surface area contributed by atoms with Gasteiger partial charge in [-0.2, -0.15) is 0 Å². The van der Waals surface area contributed by atoms with E-state index in [0.29, 0.717) is 18.8 Å². The van der Waals surface area contributed by atoms with Gasteiger partial charge in [0, 0.05) is 24.4 Å². The van der Waals surface area contributed by atoms with Crippen LogP contribution in [-0.2, 0) is 0 Å². The second-order valence-corrected chi connectivity index (χ2v) is 4.79. The molecule has 2 rings (SSSR count). The van der Waals surface area contributed by atoms with Crippen LogP contribution in [0.4, 0.5) is 8.78 Å². The average Bonchev–Trinajstić information content (AvgIpc) is 2.42. The summed E-state index contributed by atoms with van der Waals surface area (Å²) < 4.78 is 33.8. The number of halogens is 2. The lowest BCUT2D eigenvalue weighted by atomic mass is 10.0. The molecule has 4 heteroatoms. The van der Waals surface area contributed by atoms with Crippen molar-refractivity contribution in [2.45, 2.75) is 20.8 Å². The Kier molecular flexibility index (Phi) is 4.46. The molecule has 0 N–H and O–H groups in total. The third-order valence-corrected chi connectivity index (χ3v) is 3.46. The molecular weight excluding hydrogens is 272 g/mol. The predicted octanol–water partition coefficient (Wildman–Crippen LogP) is 4.50. The van der Waals surface area contributed by atoms with Crippen molar-refractivity contribution in [3.8, 4) is 5.75 Å². The third kappa shape index (κ3) is 2.84. The van der Waals surface area contributed by atoms with Gasteiger partial charge in [0.1, 0.15) is 17.4 Å². The van der Waals surface area contributed by atoms with E-state index in [1.807, 2.05) is 19.9 Å². The Labute approximate surface area is 124 Å². The van der Waals surface area contributed by atoms with Crippen molar-refractivity contribution in [1.82, 2.24) is 4.90 Å². The Morgan fingerprint density at radius 1 is 1.14 bits per heavy atom. The van der Waals surface area contributed by atoms with Gasteiger partial charge in [-0.3, -0.25) is 0 Å². The van der Waals surface area contributed by atoms with Gasteiger partial charge in [0.2, 0.25) is 0 Å². The van der Waals surface area contributed by atoms with Crippen molar-refractivity contribution in [3.63, 3.8) is 0 Å². The van der Waals surface area contributed by atoms with Crippen LogP contribution in [0.1, 0.15) is 26.3 Å². The molecule has 0 amide bonds. The van der Waals surface area contributed by atoms with Crippen LogP contribution in [0.15, 0.2) is 42.1 Å². The highest BCUT2D eigenvalue weighted by atomic mass is 19.1. The van der Waals surface area contributed by atoms with Crippen LogP contribution in [-0.4, -0.2) is 18.1 Å². The first-order valence-electron chi connectivity index (χ1n) is 6.97. The summed E-state index contributed by atoms with van der Waals surface area (Å²) in [6, 6.07) is 2.43. The van der Waals surface area contributed by atoms with Gasteiger partial charge in [-0.1, -0.05) is 12.7 Å². The highest BCUT2D eigenvalue weighted by molar-refractivity contribution is 5.71. The average molecular weight is 291 g/mol. The van der Waals surface area contributed by atoms with Gasteiger partial charge in [0.05, 0.1) is 17.9 Å². The van der Waals surface area contributed by atoms with Crippen molar-refractivity contribution in [3.05, 3.63) is 59.3 Å². The van der Waals surface area contributed by atoms with Gasteiger partial charge in [-0.15, -0.1) is 0 Å². The predicted molar refractivity (Wildman–Crippen MR) is 80.8 cm³/mol. The van der Waals surface area contributed by atoms with Crippen molar-refractivity contribution >= 4 is 5.70 Å². The van der Waals surface area contributed by atoms with E-state index in [1.54, 1.807) is 17.9 Å². The molecular formula is C17H19F2NO. The van der Waals surface area contributed by atoms with Gasteiger partial charge in [0.25, 0.3) is 0 Å². The number of allylic oxidation sites excluding steroid dienone is 3. The third-order valence-electron chi connectivity index (χ3n) is 3.46. The Bertz CT molecular complexity index is 609. The number of hydrogen-bond donors (Lipinski definition) is 0. The summed E-state index contributed by atoms with van der Waals surface area (Å²) >= 11 is 0. The first kappa shape index (κ1) is 15.3. The molecule has 1 aromatic carbocycles. The maximum Gasteiger partial charge on any atom is 0.139 e. The Morgan fingerprint density at radius 2 is 1.76 bits per heavy atom. The van der Waals surface area contributed by atoms with E-state index in [4.69, 9.17) is 4.74 Å². The number of rotatable bonds is 4. The summed E-state index contributed by atoms with van der Waals surface area (Å²) in [7, 11) is 0. The Balaban J connectivity index is 2.53. The normalized spacial score (nSPS) is 14.9. The van der Waals surface area contributed by atoms with Gasteiger partial charge in [0.15, 0.2) is 0 Å². The molecule has 1 heterocycles. The smallest absolute Gasteiger partial charge is 0.139 e. The van der Waals surface area contributed by atoms with E-state index in [1.165, 1.54) is 12.1 Å². The molecule has 0 fully saturated rings. The highest BCUT2D eigenvalue weighted by Gasteiger charge is 2.23. The van der Waals surface area contributed by atoms with Crippen molar-refractivity contribution < 1.29 is 13.5 Å². The molecule has 0 aliphatic carbocycles. The van der Waals surface area contributed by atoms with Crippen LogP contribution in [0.5, 0.6) is 5.75 Å². The standard InChI is InChI=1S/C17H19F2NO/c1-5-20-12(4)11(3)7-8-16(20)17-14(18)9-13(21-6-2)10-15(17)19/h7-10H,4-6H2,1-3H3. The van der Waals surface area contributed by atoms with Crippen LogP contribution in [0.3, 0.4) is 0 Å². The van der Waals surface area contributed by atoms with Crippen LogP contribution in [0.2, 0.25) is 0 Å². The minimum Gasteiger partial charge on any atom is -0.494 e. The van der Waals surface area contributed by atoms with E-state index in [9.17, 15) is 8.78 Å². The summed E-state index contributed by atoms with van der Waals surface area (Å²) in [6.45, 7) is 10.5. The number of likely N-dealkylation sites (N-methyl/N-ethyl adjacent to an activating group) is 1. The summed E-state index contributed by atoms with van der Waals surface area (Å²) in [5, 5.41) is 0. The zero-order valence-electron chi connectivity index (χ0n) is 12.5. The molecule has 0 atom stereocenters. The zero-order valence-corrected chi connectivity index (χ0v) is 12.5. The molecule has 112 valence electrons. The zero-order chi connectivity index (χ0) is 15.6. The fourth-order valence-electron chi connectivity index (χ4n) is 2.37. The molecule has 0 bridgehead atoms. The van der Waals surface area contributed by atoms with Gasteiger partial charge >= 0.3 is 0 Å². The van der Waals surface area contributed by atoms with Gasteiger partial charge in [-0.05, 0) is 32.4 Å². The SMILES string of the molecule is C=C1C(C)=CC=C(c2c(F)cc(OCC)cc2F)N1CC. The molecule has 1 aliphatic heterocycles. The topological polar surface area (TPSA) is 12.5 Å². The number of benzene rings is 1. The van der Waals surface area contributed by atoms with Crippen LogP contribution in [0.25, 0.3) is 5.70 Å². The minimum absolute atomic E-state index is 0.0507. The Hall–Kier alpha value is -2.10. The molecule has 0 unspecified atom stereocenters. The number of nitrogens with zero attached hydrogens (tertiary/aromatic N) is 1. The second kappa shape index (κ2) is 6.12. The largest absolute Gasteiger partial charge is 0.494 e. The molecule has 0 aromatic heterocycles. The van der Waals surface area contributed by atoms with Crippen LogP contribution < -0.4 is 4.74 Å². The lowest BCUT2D eigenvalue weighted by Gasteiger charge is -2.31. The first-order valence-corrected chi connectivity index (χ1v) is 6.97. The fourth-order valence-corrected chi connectivity index (χ4v) is 2.37. The molecule has 1 aliphatic rings. The monoisotopic (exact) mass is 291 g/mol. The van der Waals surface area contributed by atoms with Gasteiger partial charge in [-0.25, -0.2) is 8.78 Å². The molecule has 0 saturated carbocycles. The summed E-state index contributed by atoms with van der Waals surface area (Å²) in [5.41, 5.74) is 2.16. The maximum absolute atomic E-state index is 14.3. The van der Waals surface area contributed by atoms with Crippen molar-refractivity contribution in [2.75, 3.05) is 13.2 Å². The van der Waals surface area contributed by atoms with E-state index in [2.05, 4.69) is 6.58 Å². The van der Waals surface area contributed by atoms with Crippen LogP contribution >= 0.6 is 0 Å². The second-order valence-electron chi connectivity index (χ2n) is 4.79. The lowest BCUT2D eigenvalue weighted by molar-refractivity contribution is 0.335. The van der Waals surface area contributed by atoms with Crippen LogP contribution in [0, 0.1) is 11.6 Å². The molecule has 0 radical (unpaired) electrons. The molecule has 0 spiro atoms. The minimum atomic E-state index is -0.635. The van der Waals surface area contributed by atoms with E-state index < -0.39 is 11.6 Å². The van der Waals surface area contributed by atoms with E-state index >= 15 is 0 Å². The summed E-state index contributed by atoms with van der Waals surface area (Å²) in [5.74, 6) is -1.07.